The Morgan fingerprint density at radius 2 is 2.24 bits per heavy atom. The van der Waals surface area contributed by atoms with Gasteiger partial charge in [0.05, 0.1) is 12.6 Å². The van der Waals surface area contributed by atoms with Crippen LogP contribution in [0.4, 0.5) is 5.82 Å². The van der Waals surface area contributed by atoms with E-state index in [0.717, 1.165) is 31.3 Å². The predicted octanol–water partition coefficient (Wildman–Crippen LogP) is 2.48. The summed E-state index contributed by atoms with van der Waals surface area (Å²) in [7, 11) is 2.03. The van der Waals surface area contributed by atoms with E-state index in [4.69, 9.17) is 16.3 Å². The molecule has 0 radical (unpaired) electrons. The predicted molar refractivity (Wildman–Crippen MR) is 68.8 cm³/mol. The van der Waals surface area contributed by atoms with Crippen molar-refractivity contribution in [3.05, 3.63) is 17.0 Å². The zero-order chi connectivity index (χ0) is 12.4. The molecule has 4 nitrogen and oxygen atoms in total. The second kappa shape index (κ2) is 5.19. The average molecular weight is 256 g/mol. The highest BCUT2D eigenvalue weighted by atomic mass is 35.5. The summed E-state index contributed by atoms with van der Waals surface area (Å²) in [6.45, 7) is 5.71. The number of hydrogen-bond acceptors (Lipinski definition) is 4. The minimum Gasteiger partial charge on any atom is -0.379 e. The maximum atomic E-state index is 6.04. The van der Waals surface area contributed by atoms with Crippen molar-refractivity contribution in [3.63, 3.8) is 0 Å². The van der Waals surface area contributed by atoms with Gasteiger partial charge in [-0.3, -0.25) is 0 Å². The quantitative estimate of drug-likeness (QED) is 0.778. The van der Waals surface area contributed by atoms with E-state index in [2.05, 4.69) is 28.7 Å². The molecular formula is C12H18ClN3O. The molecule has 1 fully saturated rings. The molecule has 1 saturated heterocycles. The van der Waals surface area contributed by atoms with E-state index in [1.165, 1.54) is 0 Å². The molecule has 0 spiro atoms. The van der Waals surface area contributed by atoms with E-state index in [-0.39, 0.29) is 5.92 Å². The van der Waals surface area contributed by atoms with Crippen molar-refractivity contribution in [2.75, 3.05) is 25.2 Å². The summed E-state index contributed by atoms with van der Waals surface area (Å²) in [5.74, 6) is 1.95. The highest BCUT2D eigenvalue weighted by molar-refractivity contribution is 6.29. The van der Waals surface area contributed by atoms with E-state index >= 15 is 0 Å². The summed E-state index contributed by atoms with van der Waals surface area (Å²) in [5.41, 5.74) is 0. The fourth-order valence-corrected chi connectivity index (χ4v) is 2.06. The SMILES string of the molecule is CC(C)c1nc(Cl)cc(N(C)C2CCOC2)n1. The highest BCUT2D eigenvalue weighted by Gasteiger charge is 2.22. The van der Waals surface area contributed by atoms with Crippen molar-refractivity contribution < 1.29 is 4.74 Å². The number of ether oxygens (including phenoxy) is 1. The third kappa shape index (κ3) is 2.87. The van der Waals surface area contributed by atoms with Gasteiger partial charge in [-0.1, -0.05) is 25.4 Å². The number of likely N-dealkylation sites (N-methyl/N-ethyl adjacent to an activating group) is 1. The van der Waals surface area contributed by atoms with E-state index in [1.807, 2.05) is 13.1 Å². The van der Waals surface area contributed by atoms with Crippen molar-refractivity contribution in [1.29, 1.82) is 0 Å². The lowest BCUT2D eigenvalue weighted by atomic mass is 10.2. The fraction of sp³-hybridized carbons (Fsp3) is 0.667. The molecule has 17 heavy (non-hydrogen) atoms. The molecule has 94 valence electrons. The first-order valence-corrected chi connectivity index (χ1v) is 6.30. The Kier molecular flexibility index (Phi) is 3.84. The van der Waals surface area contributed by atoms with Gasteiger partial charge < -0.3 is 9.64 Å². The van der Waals surface area contributed by atoms with Crippen LogP contribution in [0.1, 0.15) is 32.0 Å². The Morgan fingerprint density at radius 1 is 1.47 bits per heavy atom. The lowest BCUT2D eigenvalue weighted by molar-refractivity contribution is 0.193. The molecule has 0 aliphatic carbocycles. The van der Waals surface area contributed by atoms with E-state index in [1.54, 1.807) is 0 Å². The third-order valence-electron chi connectivity index (χ3n) is 3.03. The molecule has 0 N–H and O–H groups in total. The van der Waals surface area contributed by atoms with Crippen molar-refractivity contribution in [2.24, 2.45) is 0 Å². The molecule has 0 bridgehead atoms. The van der Waals surface area contributed by atoms with Crippen LogP contribution in [0.15, 0.2) is 6.07 Å². The van der Waals surface area contributed by atoms with Crippen LogP contribution in [0.5, 0.6) is 0 Å². The summed E-state index contributed by atoms with van der Waals surface area (Å²) in [4.78, 5) is 10.9. The van der Waals surface area contributed by atoms with Gasteiger partial charge >= 0.3 is 0 Å². The number of halogens is 1. The lowest BCUT2D eigenvalue weighted by Gasteiger charge is -2.24. The Balaban J connectivity index is 2.24. The first kappa shape index (κ1) is 12.6. The molecule has 0 saturated carbocycles. The molecule has 1 unspecified atom stereocenters. The molecule has 2 rings (SSSR count). The van der Waals surface area contributed by atoms with Gasteiger partial charge in [0.15, 0.2) is 0 Å². The van der Waals surface area contributed by atoms with Gasteiger partial charge in [0.2, 0.25) is 0 Å². The van der Waals surface area contributed by atoms with Gasteiger partial charge in [-0.15, -0.1) is 0 Å². The van der Waals surface area contributed by atoms with Crippen molar-refractivity contribution in [3.8, 4) is 0 Å². The van der Waals surface area contributed by atoms with Crippen molar-refractivity contribution in [1.82, 2.24) is 9.97 Å². The minimum absolute atomic E-state index is 0.278. The van der Waals surface area contributed by atoms with E-state index in [9.17, 15) is 0 Å². The molecule has 0 amide bonds. The van der Waals surface area contributed by atoms with Crippen LogP contribution in [-0.2, 0) is 4.74 Å². The molecule has 2 heterocycles. The molecule has 5 heteroatoms. The fourth-order valence-electron chi connectivity index (χ4n) is 1.88. The normalized spacial score (nSPS) is 19.9. The van der Waals surface area contributed by atoms with E-state index < -0.39 is 0 Å². The lowest BCUT2D eigenvalue weighted by Crippen LogP contribution is -2.32. The third-order valence-corrected chi connectivity index (χ3v) is 3.22. The standard InChI is InChI=1S/C12H18ClN3O/c1-8(2)12-14-10(13)6-11(15-12)16(3)9-4-5-17-7-9/h6,8-9H,4-5,7H2,1-3H3. The minimum atomic E-state index is 0.278. The Labute approximate surface area is 107 Å². The van der Waals surface area contributed by atoms with Crippen LogP contribution in [-0.4, -0.2) is 36.3 Å². The summed E-state index contributed by atoms with van der Waals surface area (Å²) >= 11 is 6.04. The summed E-state index contributed by atoms with van der Waals surface area (Å²) in [6.07, 6.45) is 1.04. The number of nitrogens with zero attached hydrogens (tertiary/aromatic N) is 3. The van der Waals surface area contributed by atoms with Crippen molar-refractivity contribution in [2.45, 2.75) is 32.2 Å². The summed E-state index contributed by atoms with van der Waals surface area (Å²) in [5, 5.41) is 0.504. The summed E-state index contributed by atoms with van der Waals surface area (Å²) in [6, 6.07) is 2.20. The van der Waals surface area contributed by atoms with Crippen LogP contribution < -0.4 is 4.90 Å². The van der Waals surface area contributed by atoms with Gasteiger partial charge in [-0.2, -0.15) is 0 Å². The maximum Gasteiger partial charge on any atom is 0.135 e. The highest BCUT2D eigenvalue weighted by Crippen LogP contribution is 2.22. The first-order chi connectivity index (χ1) is 8.08. The van der Waals surface area contributed by atoms with Crippen molar-refractivity contribution >= 4 is 17.4 Å². The van der Waals surface area contributed by atoms with Crippen LogP contribution in [0, 0.1) is 0 Å². The first-order valence-electron chi connectivity index (χ1n) is 5.93. The van der Waals surface area contributed by atoms with Gasteiger partial charge in [0.25, 0.3) is 0 Å². The van der Waals surface area contributed by atoms with Gasteiger partial charge in [-0.25, -0.2) is 9.97 Å². The molecule has 1 aliphatic rings. The zero-order valence-corrected chi connectivity index (χ0v) is 11.2. The molecule has 1 aromatic rings. The van der Waals surface area contributed by atoms with Crippen LogP contribution in [0.2, 0.25) is 5.15 Å². The molecule has 0 aromatic carbocycles. The number of rotatable bonds is 3. The van der Waals surface area contributed by atoms with E-state index in [0.29, 0.717) is 11.2 Å². The van der Waals surface area contributed by atoms with Crippen LogP contribution in [0.25, 0.3) is 0 Å². The zero-order valence-electron chi connectivity index (χ0n) is 10.5. The molecular weight excluding hydrogens is 238 g/mol. The molecule has 1 aromatic heterocycles. The van der Waals surface area contributed by atoms with Crippen LogP contribution in [0.3, 0.4) is 0 Å². The molecule has 1 aliphatic heterocycles. The second-order valence-electron chi connectivity index (χ2n) is 4.69. The van der Waals surface area contributed by atoms with Gasteiger partial charge in [0, 0.05) is 25.6 Å². The van der Waals surface area contributed by atoms with Gasteiger partial charge in [-0.05, 0) is 6.42 Å². The maximum absolute atomic E-state index is 6.04. The Hall–Kier alpha value is -0.870. The van der Waals surface area contributed by atoms with Crippen LogP contribution >= 0.6 is 11.6 Å². The number of aromatic nitrogens is 2. The second-order valence-corrected chi connectivity index (χ2v) is 5.08. The summed E-state index contributed by atoms with van der Waals surface area (Å²) < 4.78 is 5.39. The topological polar surface area (TPSA) is 38.2 Å². The van der Waals surface area contributed by atoms with Gasteiger partial charge in [0.1, 0.15) is 16.8 Å². The number of hydrogen-bond donors (Lipinski definition) is 0. The Bertz CT molecular complexity index is 391. The largest absolute Gasteiger partial charge is 0.379 e. The number of anilines is 1. The molecule has 1 atom stereocenters. The average Bonchev–Trinajstić information content (AvgIpc) is 2.80. The Morgan fingerprint density at radius 3 is 2.82 bits per heavy atom. The smallest absolute Gasteiger partial charge is 0.135 e. The monoisotopic (exact) mass is 255 g/mol.